The van der Waals surface area contributed by atoms with Gasteiger partial charge in [0.25, 0.3) is 16.0 Å². The maximum absolute atomic E-state index is 12.3. The largest absolute Gasteiger partial charge is 0.496 e. The minimum absolute atomic E-state index is 0.100. The van der Waals surface area contributed by atoms with Gasteiger partial charge in [0.1, 0.15) is 11.5 Å². The summed E-state index contributed by atoms with van der Waals surface area (Å²) in [6.07, 6.45) is 0. The second-order valence-corrected chi connectivity index (χ2v) is 5.91. The summed E-state index contributed by atoms with van der Waals surface area (Å²) in [5.74, 6) is 0.0576. The van der Waals surface area contributed by atoms with Gasteiger partial charge in [0.05, 0.1) is 30.4 Å². The fourth-order valence-electron chi connectivity index (χ4n) is 1.96. The van der Waals surface area contributed by atoms with Crippen LogP contribution in [0.25, 0.3) is 0 Å². The summed E-state index contributed by atoms with van der Waals surface area (Å²) in [7, 11) is -1.58. The normalized spacial score (nSPS) is 10.9. The lowest BCUT2D eigenvalue weighted by Gasteiger charge is -2.12. The van der Waals surface area contributed by atoms with Crippen molar-refractivity contribution in [1.29, 1.82) is 0 Å². The summed E-state index contributed by atoms with van der Waals surface area (Å²) in [6, 6.07) is 10.3. The zero-order valence-electron chi connectivity index (χ0n) is 12.4. The average Bonchev–Trinajstić information content (AvgIpc) is 2.54. The molecule has 0 heterocycles. The molecule has 0 aliphatic carbocycles. The first-order valence-corrected chi connectivity index (χ1v) is 7.90. The van der Waals surface area contributed by atoms with Crippen LogP contribution in [0.4, 0.5) is 5.69 Å². The second kappa shape index (κ2) is 6.67. The summed E-state index contributed by atoms with van der Waals surface area (Å²) < 4.78 is 41.5. The van der Waals surface area contributed by atoms with Crippen LogP contribution in [0.5, 0.6) is 11.5 Å². The molecule has 0 fully saturated rings. The summed E-state index contributed by atoms with van der Waals surface area (Å²) in [5.41, 5.74) is 0.576. The molecule has 0 atom stereocenters. The molecule has 2 N–H and O–H groups in total. The van der Waals surface area contributed by atoms with E-state index < -0.39 is 16.0 Å². The maximum atomic E-state index is 12.3. The van der Waals surface area contributed by atoms with Gasteiger partial charge in [0.2, 0.25) is 0 Å². The van der Waals surface area contributed by atoms with Gasteiger partial charge in [-0.05, 0) is 24.3 Å². The number of nitrogens with one attached hydrogen (secondary N) is 1. The lowest BCUT2D eigenvalue weighted by molar-refractivity contribution is 0.102. The molecular weight excluding hydrogens is 322 g/mol. The van der Waals surface area contributed by atoms with Crippen molar-refractivity contribution in [1.82, 2.24) is 0 Å². The molecule has 2 rings (SSSR count). The molecule has 0 unspecified atom stereocenters. The Hall–Kier alpha value is -2.58. The fraction of sp³-hybridized carbons (Fsp3) is 0.133. The molecule has 0 bridgehead atoms. The quantitative estimate of drug-likeness (QED) is 0.811. The smallest absolute Gasteiger partial charge is 0.294 e. The van der Waals surface area contributed by atoms with E-state index in [0.29, 0.717) is 11.3 Å². The second-order valence-electron chi connectivity index (χ2n) is 4.49. The van der Waals surface area contributed by atoms with Crippen molar-refractivity contribution in [2.75, 3.05) is 19.5 Å². The van der Waals surface area contributed by atoms with Crippen LogP contribution < -0.4 is 14.8 Å². The summed E-state index contributed by atoms with van der Waals surface area (Å²) >= 11 is 0. The number of carbonyl (C=O) groups is 1. The van der Waals surface area contributed by atoms with Gasteiger partial charge >= 0.3 is 0 Å². The van der Waals surface area contributed by atoms with E-state index in [-0.39, 0.29) is 16.3 Å². The minimum atomic E-state index is -4.36. The molecule has 122 valence electrons. The SMILES string of the molecule is COc1cc(S(=O)(=O)O)ccc1NC(=O)c1ccccc1OC. The Morgan fingerprint density at radius 2 is 1.70 bits per heavy atom. The Bertz CT molecular complexity index is 832. The predicted octanol–water partition coefficient (Wildman–Crippen LogP) is 2.20. The molecule has 0 aromatic heterocycles. The Kier molecular flexibility index (Phi) is 4.87. The van der Waals surface area contributed by atoms with Crippen molar-refractivity contribution in [2.24, 2.45) is 0 Å². The highest BCUT2D eigenvalue weighted by Crippen LogP contribution is 2.29. The van der Waals surface area contributed by atoms with E-state index in [9.17, 15) is 13.2 Å². The van der Waals surface area contributed by atoms with Gasteiger partial charge in [-0.2, -0.15) is 8.42 Å². The monoisotopic (exact) mass is 337 g/mol. The Labute approximate surface area is 133 Å². The standard InChI is InChI=1S/C15H15NO6S/c1-21-13-6-4-3-5-11(13)15(17)16-12-8-7-10(23(18,19)20)9-14(12)22-2/h3-9H,1-2H3,(H,16,17)(H,18,19,20). The summed E-state index contributed by atoms with van der Waals surface area (Å²) in [5, 5.41) is 2.61. The number of hydrogen-bond acceptors (Lipinski definition) is 5. The van der Waals surface area contributed by atoms with E-state index in [1.54, 1.807) is 24.3 Å². The maximum Gasteiger partial charge on any atom is 0.294 e. The van der Waals surface area contributed by atoms with Crippen molar-refractivity contribution in [3.8, 4) is 11.5 Å². The third-order valence-electron chi connectivity index (χ3n) is 3.07. The fourth-order valence-corrected chi connectivity index (χ4v) is 2.45. The first-order valence-electron chi connectivity index (χ1n) is 6.46. The van der Waals surface area contributed by atoms with Gasteiger partial charge in [0.15, 0.2) is 0 Å². The molecule has 1 amide bonds. The van der Waals surface area contributed by atoms with Gasteiger partial charge in [0, 0.05) is 6.07 Å². The van der Waals surface area contributed by atoms with Gasteiger partial charge in [-0.3, -0.25) is 9.35 Å². The molecule has 7 nitrogen and oxygen atoms in total. The lowest BCUT2D eigenvalue weighted by Crippen LogP contribution is -2.14. The van der Waals surface area contributed by atoms with E-state index in [2.05, 4.69) is 5.32 Å². The van der Waals surface area contributed by atoms with Crippen LogP contribution in [0.3, 0.4) is 0 Å². The number of amides is 1. The van der Waals surface area contributed by atoms with E-state index in [1.165, 1.54) is 20.3 Å². The Balaban J connectivity index is 2.34. The number of ether oxygens (including phenoxy) is 2. The number of methoxy groups -OCH3 is 2. The first-order chi connectivity index (χ1) is 10.9. The molecule has 0 aliphatic rings. The number of para-hydroxylation sites is 1. The van der Waals surface area contributed by atoms with E-state index in [0.717, 1.165) is 12.1 Å². The molecule has 0 saturated heterocycles. The van der Waals surface area contributed by atoms with Gasteiger partial charge in [-0.1, -0.05) is 12.1 Å². The third kappa shape index (κ3) is 3.79. The van der Waals surface area contributed by atoms with Crippen molar-refractivity contribution in [2.45, 2.75) is 4.90 Å². The van der Waals surface area contributed by atoms with E-state index in [4.69, 9.17) is 14.0 Å². The van der Waals surface area contributed by atoms with Crippen LogP contribution in [0.15, 0.2) is 47.4 Å². The van der Waals surface area contributed by atoms with Crippen LogP contribution >= 0.6 is 0 Å². The average molecular weight is 337 g/mol. The topological polar surface area (TPSA) is 102 Å². The number of hydrogen-bond donors (Lipinski definition) is 2. The molecule has 23 heavy (non-hydrogen) atoms. The summed E-state index contributed by atoms with van der Waals surface area (Å²) in [4.78, 5) is 12.0. The molecule has 0 aliphatic heterocycles. The number of benzene rings is 2. The van der Waals surface area contributed by atoms with Crippen LogP contribution in [-0.2, 0) is 10.1 Å². The molecule has 0 radical (unpaired) electrons. The molecule has 2 aromatic rings. The molecule has 0 saturated carbocycles. The van der Waals surface area contributed by atoms with Gasteiger partial charge in [-0.15, -0.1) is 0 Å². The molecule has 0 spiro atoms. The lowest BCUT2D eigenvalue weighted by atomic mass is 10.2. The number of rotatable bonds is 5. The number of carbonyl (C=O) groups excluding carboxylic acids is 1. The van der Waals surface area contributed by atoms with Crippen molar-refractivity contribution in [3.05, 3.63) is 48.0 Å². The van der Waals surface area contributed by atoms with Crippen LogP contribution in [0.1, 0.15) is 10.4 Å². The number of anilines is 1. The Morgan fingerprint density at radius 3 is 2.30 bits per heavy atom. The van der Waals surface area contributed by atoms with Gasteiger partial charge in [-0.25, -0.2) is 0 Å². The molecular formula is C15H15NO6S. The van der Waals surface area contributed by atoms with Crippen molar-refractivity contribution < 1.29 is 27.2 Å². The highest BCUT2D eigenvalue weighted by Gasteiger charge is 2.17. The van der Waals surface area contributed by atoms with Crippen molar-refractivity contribution >= 4 is 21.7 Å². The van der Waals surface area contributed by atoms with Crippen LogP contribution in [0.2, 0.25) is 0 Å². The molecule has 8 heteroatoms. The van der Waals surface area contributed by atoms with Gasteiger partial charge < -0.3 is 14.8 Å². The minimum Gasteiger partial charge on any atom is -0.496 e. The first kappa shape index (κ1) is 16.8. The highest BCUT2D eigenvalue weighted by atomic mass is 32.2. The third-order valence-corrected chi connectivity index (χ3v) is 3.92. The van der Waals surface area contributed by atoms with Crippen LogP contribution in [-0.4, -0.2) is 33.1 Å². The highest BCUT2D eigenvalue weighted by molar-refractivity contribution is 7.85. The summed E-state index contributed by atoms with van der Waals surface area (Å²) in [6.45, 7) is 0. The Morgan fingerprint density at radius 1 is 1.04 bits per heavy atom. The zero-order valence-corrected chi connectivity index (χ0v) is 13.3. The van der Waals surface area contributed by atoms with E-state index in [1.807, 2.05) is 0 Å². The van der Waals surface area contributed by atoms with Crippen molar-refractivity contribution in [3.63, 3.8) is 0 Å². The zero-order chi connectivity index (χ0) is 17.0. The molecule has 2 aromatic carbocycles. The van der Waals surface area contributed by atoms with Crippen LogP contribution in [0, 0.1) is 0 Å². The van der Waals surface area contributed by atoms with E-state index >= 15 is 0 Å². The predicted molar refractivity (Wildman–Crippen MR) is 83.8 cm³/mol.